The maximum atomic E-state index is 5.71. The van der Waals surface area contributed by atoms with Crippen LogP contribution in [0.3, 0.4) is 0 Å². The van der Waals surface area contributed by atoms with E-state index < -0.39 is 0 Å². The number of H-pyrrole nitrogens is 1. The summed E-state index contributed by atoms with van der Waals surface area (Å²) in [5.74, 6) is 0.611. The van der Waals surface area contributed by atoms with Gasteiger partial charge in [0, 0.05) is 0 Å². The van der Waals surface area contributed by atoms with E-state index in [2.05, 4.69) is 15.4 Å². The second-order valence-corrected chi connectivity index (χ2v) is 3.92. The lowest BCUT2D eigenvalue weighted by molar-refractivity contribution is -0.484. The standard InChI is InChI=1S/C11H16N5O2/c1-15(2)11(17-4)16(3)18-9-7-5-6-8-10(9)13-14-12-8/h5-7H,1-4H3,(H,12,13,14)/q+1. The highest BCUT2D eigenvalue weighted by atomic mass is 16.7. The Kier molecular flexibility index (Phi) is 3.31. The first-order valence-electron chi connectivity index (χ1n) is 5.43. The Morgan fingerprint density at radius 1 is 1.33 bits per heavy atom. The Bertz CT molecular complexity index is 574. The molecular formula is C11H16N5O2+. The van der Waals surface area contributed by atoms with Gasteiger partial charge in [-0.2, -0.15) is 15.4 Å². The molecule has 0 atom stereocenters. The van der Waals surface area contributed by atoms with Crippen LogP contribution in [0.1, 0.15) is 0 Å². The van der Waals surface area contributed by atoms with Crippen molar-refractivity contribution in [3.63, 3.8) is 0 Å². The molecule has 0 aliphatic heterocycles. The molecule has 0 unspecified atom stereocenters. The SMILES string of the molecule is COC(N(C)Oc1cccc2n[nH]nc12)=[N+](C)C. The summed E-state index contributed by atoms with van der Waals surface area (Å²) in [5, 5.41) is 12.2. The average Bonchev–Trinajstić information content (AvgIpc) is 2.78. The number of rotatable bonds is 2. The highest BCUT2D eigenvalue weighted by molar-refractivity contribution is 5.80. The van der Waals surface area contributed by atoms with Gasteiger partial charge in [-0.1, -0.05) is 6.07 Å². The van der Waals surface area contributed by atoms with E-state index >= 15 is 0 Å². The van der Waals surface area contributed by atoms with Crippen molar-refractivity contribution in [1.29, 1.82) is 0 Å². The summed E-state index contributed by atoms with van der Waals surface area (Å²) in [6.07, 6.45) is 0. The van der Waals surface area contributed by atoms with Crippen molar-refractivity contribution < 1.29 is 14.1 Å². The van der Waals surface area contributed by atoms with Crippen molar-refractivity contribution in [1.82, 2.24) is 20.5 Å². The van der Waals surface area contributed by atoms with E-state index in [0.717, 1.165) is 5.52 Å². The molecule has 0 saturated heterocycles. The molecule has 0 spiro atoms. The zero-order chi connectivity index (χ0) is 13.1. The summed E-state index contributed by atoms with van der Waals surface area (Å²) in [4.78, 5) is 5.71. The molecule has 1 heterocycles. The molecule has 0 bridgehead atoms. The Morgan fingerprint density at radius 3 is 2.78 bits per heavy atom. The van der Waals surface area contributed by atoms with Crippen LogP contribution in [0.2, 0.25) is 0 Å². The summed E-state index contributed by atoms with van der Waals surface area (Å²) in [6, 6.07) is 6.12. The molecule has 7 heteroatoms. The van der Waals surface area contributed by atoms with Gasteiger partial charge in [0.25, 0.3) is 0 Å². The van der Waals surface area contributed by atoms with E-state index in [4.69, 9.17) is 9.57 Å². The Balaban J connectivity index is 2.29. The fraction of sp³-hybridized carbons (Fsp3) is 0.364. The first-order valence-corrected chi connectivity index (χ1v) is 5.43. The topological polar surface area (TPSA) is 66.3 Å². The largest absolute Gasteiger partial charge is 0.485 e. The third kappa shape index (κ3) is 2.20. The monoisotopic (exact) mass is 250 g/mol. The molecule has 7 nitrogen and oxygen atoms in total. The minimum Gasteiger partial charge on any atom is -0.432 e. The molecule has 96 valence electrons. The Morgan fingerprint density at radius 2 is 2.11 bits per heavy atom. The number of benzene rings is 1. The fourth-order valence-electron chi connectivity index (χ4n) is 1.70. The van der Waals surface area contributed by atoms with Crippen molar-refractivity contribution in [2.45, 2.75) is 0 Å². The fourth-order valence-corrected chi connectivity index (χ4v) is 1.70. The summed E-state index contributed by atoms with van der Waals surface area (Å²) in [5.41, 5.74) is 1.43. The van der Waals surface area contributed by atoms with E-state index in [1.165, 1.54) is 5.06 Å². The third-order valence-corrected chi connectivity index (χ3v) is 2.38. The van der Waals surface area contributed by atoms with Crippen LogP contribution in [-0.2, 0) is 4.74 Å². The molecule has 18 heavy (non-hydrogen) atoms. The summed E-state index contributed by atoms with van der Waals surface area (Å²) < 4.78 is 7.05. The van der Waals surface area contributed by atoms with Crippen LogP contribution < -0.4 is 4.84 Å². The zero-order valence-corrected chi connectivity index (χ0v) is 10.8. The van der Waals surface area contributed by atoms with Crippen LogP contribution in [0.25, 0.3) is 11.0 Å². The quantitative estimate of drug-likeness (QED) is 0.363. The Labute approximate surface area is 105 Å². The second kappa shape index (κ2) is 4.91. The number of ether oxygens (including phenoxy) is 1. The van der Waals surface area contributed by atoms with Crippen molar-refractivity contribution in [3.8, 4) is 5.75 Å². The van der Waals surface area contributed by atoms with Gasteiger partial charge < -0.3 is 4.74 Å². The molecule has 0 fully saturated rings. The first-order chi connectivity index (χ1) is 8.63. The van der Waals surface area contributed by atoms with Crippen molar-refractivity contribution in [3.05, 3.63) is 18.2 Å². The van der Waals surface area contributed by atoms with Gasteiger partial charge in [0.1, 0.15) is 12.6 Å². The summed E-state index contributed by atoms with van der Waals surface area (Å²) >= 11 is 0. The van der Waals surface area contributed by atoms with Gasteiger partial charge >= 0.3 is 6.02 Å². The van der Waals surface area contributed by atoms with Crippen LogP contribution >= 0.6 is 0 Å². The first kappa shape index (κ1) is 12.2. The van der Waals surface area contributed by atoms with Gasteiger partial charge in [0.15, 0.2) is 5.52 Å². The molecule has 1 N–H and O–H groups in total. The predicted molar refractivity (Wildman–Crippen MR) is 66.4 cm³/mol. The minimum absolute atomic E-state index is 0.579. The van der Waals surface area contributed by atoms with E-state index in [0.29, 0.717) is 17.3 Å². The number of nitrogens with one attached hydrogen (secondary N) is 1. The highest BCUT2D eigenvalue weighted by Crippen LogP contribution is 2.21. The van der Waals surface area contributed by atoms with Gasteiger partial charge in [0.05, 0.1) is 21.2 Å². The van der Waals surface area contributed by atoms with Crippen molar-refractivity contribution in [2.75, 3.05) is 28.3 Å². The van der Waals surface area contributed by atoms with Gasteiger partial charge in [-0.15, -0.1) is 0 Å². The molecule has 0 aliphatic carbocycles. The Hall–Kier alpha value is -2.31. The van der Waals surface area contributed by atoms with Crippen molar-refractivity contribution in [2.24, 2.45) is 0 Å². The van der Waals surface area contributed by atoms with E-state index in [1.807, 2.05) is 36.9 Å². The van der Waals surface area contributed by atoms with Crippen LogP contribution in [0.5, 0.6) is 5.75 Å². The number of aromatic amines is 1. The number of para-hydroxylation sites is 1. The van der Waals surface area contributed by atoms with Crippen LogP contribution in [0.15, 0.2) is 18.2 Å². The number of hydroxylamine groups is 2. The molecule has 0 amide bonds. The minimum atomic E-state index is 0.579. The zero-order valence-electron chi connectivity index (χ0n) is 10.8. The second-order valence-electron chi connectivity index (χ2n) is 3.92. The van der Waals surface area contributed by atoms with Gasteiger partial charge in [0.2, 0.25) is 5.75 Å². The maximum Gasteiger partial charge on any atom is 0.485 e. The van der Waals surface area contributed by atoms with E-state index in [-0.39, 0.29) is 0 Å². The molecule has 0 radical (unpaired) electrons. The van der Waals surface area contributed by atoms with E-state index in [1.54, 1.807) is 14.2 Å². The van der Waals surface area contributed by atoms with Gasteiger partial charge in [-0.25, -0.2) is 4.58 Å². The lowest BCUT2D eigenvalue weighted by Crippen LogP contribution is -2.36. The molecule has 0 aliphatic rings. The lowest BCUT2D eigenvalue weighted by Gasteiger charge is -2.13. The summed E-state index contributed by atoms with van der Waals surface area (Å²) in [6.45, 7) is 0. The number of amidine groups is 1. The lowest BCUT2D eigenvalue weighted by atomic mass is 10.3. The number of aromatic nitrogens is 3. The predicted octanol–water partition coefficient (Wildman–Crippen LogP) is 0.458. The molecular weight excluding hydrogens is 234 g/mol. The molecule has 2 rings (SSSR count). The van der Waals surface area contributed by atoms with Crippen molar-refractivity contribution >= 4 is 17.1 Å². The molecule has 1 aromatic heterocycles. The smallest absolute Gasteiger partial charge is 0.432 e. The normalized spacial score (nSPS) is 10.2. The van der Waals surface area contributed by atoms with Crippen LogP contribution in [0.4, 0.5) is 0 Å². The highest BCUT2D eigenvalue weighted by Gasteiger charge is 2.21. The number of methoxy groups -OCH3 is 1. The summed E-state index contributed by atoms with van der Waals surface area (Å²) in [7, 11) is 7.09. The van der Waals surface area contributed by atoms with Crippen LogP contribution in [0, 0.1) is 0 Å². The average molecular weight is 250 g/mol. The molecule has 2 aromatic rings. The molecule has 0 saturated carbocycles. The van der Waals surface area contributed by atoms with Gasteiger partial charge in [-0.3, -0.25) is 4.84 Å². The number of fused-ring (bicyclic) bond motifs is 1. The number of hydrogen-bond acceptors (Lipinski definition) is 4. The number of nitrogens with zero attached hydrogens (tertiary/aromatic N) is 4. The van der Waals surface area contributed by atoms with Crippen LogP contribution in [-0.4, -0.2) is 59.3 Å². The van der Waals surface area contributed by atoms with E-state index in [9.17, 15) is 0 Å². The molecule has 1 aromatic carbocycles. The third-order valence-electron chi connectivity index (χ3n) is 2.38. The van der Waals surface area contributed by atoms with Gasteiger partial charge in [-0.05, 0) is 17.2 Å². The maximum absolute atomic E-state index is 5.71. The number of hydrogen-bond donors (Lipinski definition) is 1.